The minimum atomic E-state index is -3.74. The Kier molecular flexibility index (Phi) is 4.81. The Bertz CT molecular complexity index is 847. The molecule has 3 rings (SSSR count). The monoisotopic (exact) mass is 370 g/mol. The lowest BCUT2D eigenvalue weighted by molar-refractivity contribution is 0.0550. The molecule has 0 saturated carbocycles. The van der Waals surface area contributed by atoms with E-state index in [-0.39, 0.29) is 24.8 Å². The lowest BCUT2D eigenvalue weighted by Gasteiger charge is -2.02. The third kappa shape index (κ3) is 4.22. The third-order valence-electron chi connectivity index (χ3n) is 3.00. The SMILES string of the molecule is O=C(COCc1ncon1)c1ccc(-c2noc(C(F)(F)Cl)n2)cc1. The minimum absolute atomic E-state index is 0.0403. The van der Waals surface area contributed by atoms with E-state index in [2.05, 4.69) is 29.3 Å². The lowest BCUT2D eigenvalue weighted by atomic mass is 10.1. The van der Waals surface area contributed by atoms with Gasteiger partial charge < -0.3 is 13.8 Å². The Labute approximate surface area is 143 Å². The quantitative estimate of drug-likeness (QED) is 0.462. The number of carbonyl (C=O) groups excluding carboxylic acids is 1. The second kappa shape index (κ2) is 7.03. The molecule has 2 heterocycles. The van der Waals surface area contributed by atoms with Crippen LogP contribution in [0.5, 0.6) is 0 Å². The van der Waals surface area contributed by atoms with Gasteiger partial charge in [0.2, 0.25) is 12.2 Å². The van der Waals surface area contributed by atoms with E-state index in [0.29, 0.717) is 17.0 Å². The van der Waals surface area contributed by atoms with Gasteiger partial charge in [-0.1, -0.05) is 34.6 Å². The van der Waals surface area contributed by atoms with Crippen molar-refractivity contribution in [3.63, 3.8) is 0 Å². The number of benzene rings is 1. The first-order chi connectivity index (χ1) is 11.9. The van der Waals surface area contributed by atoms with Gasteiger partial charge in [0.05, 0.1) is 0 Å². The van der Waals surface area contributed by atoms with Crippen molar-refractivity contribution < 1.29 is 27.4 Å². The average molecular weight is 371 g/mol. The van der Waals surface area contributed by atoms with Gasteiger partial charge in [-0.05, 0) is 11.6 Å². The third-order valence-corrected chi connectivity index (χ3v) is 3.17. The van der Waals surface area contributed by atoms with E-state index in [1.807, 2.05) is 0 Å². The van der Waals surface area contributed by atoms with E-state index in [4.69, 9.17) is 16.3 Å². The number of halogens is 3. The van der Waals surface area contributed by atoms with Crippen molar-refractivity contribution in [1.29, 1.82) is 0 Å². The second-order valence-corrected chi connectivity index (χ2v) is 5.24. The fraction of sp³-hybridized carbons (Fsp3) is 0.214. The fourth-order valence-electron chi connectivity index (χ4n) is 1.84. The smallest absolute Gasteiger partial charge is 0.365 e. The summed E-state index contributed by atoms with van der Waals surface area (Å²) in [7, 11) is 0. The summed E-state index contributed by atoms with van der Waals surface area (Å²) in [5.74, 6) is -1.02. The van der Waals surface area contributed by atoms with Gasteiger partial charge in [-0.3, -0.25) is 4.79 Å². The zero-order chi connectivity index (χ0) is 17.9. The number of ketones is 1. The topological polar surface area (TPSA) is 104 Å². The molecule has 130 valence electrons. The van der Waals surface area contributed by atoms with Crippen molar-refractivity contribution in [2.75, 3.05) is 6.61 Å². The fourth-order valence-corrected chi connectivity index (χ4v) is 1.91. The van der Waals surface area contributed by atoms with Crippen LogP contribution in [0, 0.1) is 0 Å². The molecule has 0 atom stereocenters. The molecule has 0 aliphatic carbocycles. The standard InChI is InChI=1S/C14H9ClF2N4O4/c15-14(16,17)13-19-12(21-25-13)9-3-1-8(2-4-9)10(22)5-23-6-11-18-7-24-20-11/h1-4,7H,5-6H2. The van der Waals surface area contributed by atoms with Gasteiger partial charge in [0, 0.05) is 11.1 Å². The molecular weight excluding hydrogens is 362 g/mol. The van der Waals surface area contributed by atoms with Crippen LogP contribution >= 0.6 is 11.6 Å². The molecule has 8 nitrogen and oxygen atoms in total. The van der Waals surface area contributed by atoms with Crippen LogP contribution in [-0.2, 0) is 16.7 Å². The molecule has 0 amide bonds. The lowest BCUT2D eigenvalue weighted by Crippen LogP contribution is -2.09. The van der Waals surface area contributed by atoms with Crippen LogP contribution in [0.15, 0.2) is 39.7 Å². The van der Waals surface area contributed by atoms with Gasteiger partial charge in [-0.15, -0.1) is 0 Å². The first-order valence-corrected chi connectivity index (χ1v) is 7.19. The van der Waals surface area contributed by atoms with Gasteiger partial charge in [-0.2, -0.15) is 18.7 Å². The van der Waals surface area contributed by atoms with E-state index >= 15 is 0 Å². The first-order valence-electron chi connectivity index (χ1n) is 6.81. The summed E-state index contributed by atoms with van der Waals surface area (Å²) < 4.78 is 39.9. The summed E-state index contributed by atoms with van der Waals surface area (Å²) >= 11 is 4.81. The molecule has 0 aliphatic rings. The van der Waals surface area contributed by atoms with Crippen LogP contribution in [0.4, 0.5) is 8.78 Å². The highest BCUT2D eigenvalue weighted by Crippen LogP contribution is 2.32. The second-order valence-electron chi connectivity index (χ2n) is 4.76. The molecule has 0 fully saturated rings. The largest absolute Gasteiger partial charge is 0.400 e. The zero-order valence-corrected chi connectivity index (χ0v) is 13.1. The highest BCUT2D eigenvalue weighted by atomic mass is 35.5. The van der Waals surface area contributed by atoms with Gasteiger partial charge in [0.15, 0.2) is 11.6 Å². The number of ether oxygens (including phenoxy) is 1. The van der Waals surface area contributed by atoms with E-state index < -0.39 is 11.3 Å². The molecule has 0 radical (unpaired) electrons. The van der Waals surface area contributed by atoms with Crippen LogP contribution in [0.1, 0.15) is 22.1 Å². The number of rotatable bonds is 7. The Hall–Kier alpha value is -2.72. The molecule has 25 heavy (non-hydrogen) atoms. The Morgan fingerprint density at radius 3 is 2.60 bits per heavy atom. The number of hydrogen-bond acceptors (Lipinski definition) is 8. The summed E-state index contributed by atoms with van der Waals surface area (Å²) in [6.07, 6.45) is 1.16. The number of alkyl halides is 3. The molecule has 2 aromatic heterocycles. The maximum absolute atomic E-state index is 12.9. The van der Waals surface area contributed by atoms with Crippen molar-refractivity contribution in [3.05, 3.63) is 47.9 Å². The summed E-state index contributed by atoms with van der Waals surface area (Å²) in [5.41, 5.74) is 0.753. The summed E-state index contributed by atoms with van der Waals surface area (Å²) in [6.45, 7) is -0.142. The number of hydrogen-bond donors (Lipinski definition) is 0. The van der Waals surface area contributed by atoms with Crippen LogP contribution in [0.2, 0.25) is 0 Å². The molecule has 3 aromatic rings. The number of nitrogens with zero attached hydrogens (tertiary/aromatic N) is 4. The van der Waals surface area contributed by atoms with Gasteiger partial charge in [0.1, 0.15) is 13.2 Å². The van der Waals surface area contributed by atoms with Crippen LogP contribution in [0.3, 0.4) is 0 Å². The molecular formula is C14H9ClF2N4O4. The van der Waals surface area contributed by atoms with Crippen molar-refractivity contribution in [2.24, 2.45) is 0 Å². The van der Waals surface area contributed by atoms with Crippen LogP contribution in [0.25, 0.3) is 11.4 Å². The molecule has 0 bridgehead atoms. The molecule has 0 saturated heterocycles. The van der Waals surface area contributed by atoms with Crippen molar-refractivity contribution >= 4 is 17.4 Å². The number of carbonyl (C=O) groups is 1. The van der Waals surface area contributed by atoms with Crippen molar-refractivity contribution in [3.8, 4) is 11.4 Å². The summed E-state index contributed by atoms with van der Waals surface area (Å²) in [6, 6.07) is 5.97. The molecule has 0 unspecified atom stereocenters. The summed E-state index contributed by atoms with van der Waals surface area (Å²) in [4.78, 5) is 19.3. The van der Waals surface area contributed by atoms with E-state index in [1.54, 1.807) is 0 Å². The van der Waals surface area contributed by atoms with Gasteiger partial charge in [-0.25, -0.2) is 0 Å². The van der Waals surface area contributed by atoms with E-state index in [0.717, 1.165) is 6.39 Å². The number of aromatic nitrogens is 4. The molecule has 1 aromatic carbocycles. The molecule has 11 heteroatoms. The normalized spacial score (nSPS) is 11.6. The highest BCUT2D eigenvalue weighted by Gasteiger charge is 2.35. The highest BCUT2D eigenvalue weighted by molar-refractivity contribution is 6.21. The van der Waals surface area contributed by atoms with Crippen LogP contribution < -0.4 is 0 Å². The predicted octanol–water partition coefficient (Wildman–Crippen LogP) is 2.81. The first kappa shape index (κ1) is 17.1. The van der Waals surface area contributed by atoms with Crippen LogP contribution in [-0.4, -0.2) is 32.7 Å². The number of Topliss-reactive ketones (excluding diaryl/α,β-unsaturated/α-hetero) is 1. The minimum Gasteiger partial charge on any atom is -0.365 e. The Morgan fingerprint density at radius 1 is 1.24 bits per heavy atom. The Morgan fingerprint density at radius 2 is 2.00 bits per heavy atom. The molecule has 0 spiro atoms. The zero-order valence-electron chi connectivity index (χ0n) is 12.4. The average Bonchev–Trinajstić information content (AvgIpc) is 3.26. The predicted molar refractivity (Wildman–Crippen MR) is 77.8 cm³/mol. The Balaban J connectivity index is 1.61. The molecule has 0 N–H and O–H groups in total. The maximum atomic E-state index is 12.9. The molecule has 0 aliphatic heterocycles. The summed E-state index contributed by atoms with van der Waals surface area (Å²) in [5, 5.41) is 3.23. The van der Waals surface area contributed by atoms with E-state index in [9.17, 15) is 13.6 Å². The van der Waals surface area contributed by atoms with Crippen molar-refractivity contribution in [2.45, 2.75) is 12.0 Å². The van der Waals surface area contributed by atoms with E-state index in [1.165, 1.54) is 24.3 Å². The maximum Gasteiger partial charge on any atom is 0.400 e. The van der Waals surface area contributed by atoms with Gasteiger partial charge >= 0.3 is 11.3 Å². The van der Waals surface area contributed by atoms with Gasteiger partial charge in [0.25, 0.3) is 0 Å². The van der Waals surface area contributed by atoms with Crippen molar-refractivity contribution in [1.82, 2.24) is 20.3 Å².